The predicted molar refractivity (Wildman–Crippen MR) is 85.6 cm³/mol. The summed E-state index contributed by atoms with van der Waals surface area (Å²) in [5.41, 5.74) is 4.54. The van der Waals surface area contributed by atoms with Gasteiger partial charge in [0.1, 0.15) is 5.82 Å². The third-order valence-corrected chi connectivity index (χ3v) is 3.40. The Kier molecular flexibility index (Phi) is 3.69. The molecule has 0 radical (unpaired) electrons. The highest BCUT2D eigenvalue weighted by molar-refractivity contribution is 5.58. The van der Waals surface area contributed by atoms with Crippen molar-refractivity contribution in [2.75, 3.05) is 11.9 Å². The van der Waals surface area contributed by atoms with Crippen molar-refractivity contribution in [3.8, 4) is 11.4 Å². The topological polar surface area (TPSA) is 49.8 Å². The van der Waals surface area contributed by atoms with Gasteiger partial charge in [-0.25, -0.2) is 9.97 Å². The fourth-order valence-electron chi connectivity index (χ4n) is 2.19. The molecule has 0 aliphatic carbocycles. The van der Waals surface area contributed by atoms with E-state index in [9.17, 15) is 0 Å². The van der Waals surface area contributed by atoms with E-state index in [-0.39, 0.29) is 0 Å². The van der Waals surface area contributed by atoms with Crippen LogP contribution >= 0.6 is 0 Å². The second-order valence-electron chi connectivity index (χ2n) is 5.13. The molecule has 0 saturated carbocycles. The molecule has 1 aliphatic heterocycles. The zero-order valence-corrected chi connectivity index (χ0v) is 12.2. The van der Waals surface area contributed by atoms with Gasteiger partial charge in [-0.1, -0.05) is 30.3 Å². The van der Waals surface area contributed by atoms with Crippen molar-refractivity contribution in [1.29, 1.82) is 0 Å². The van der Waals surface area contributed by atoms with Crippen LogP contribution in [0.1, 0.15) is 13.8 Å². The van der Waals surface area contributed by atoms with Crippen LogP contribution in [0.15, 0.2) is 65.6 Å². The van der Waals surface area contributed by atoms with E-state index in [0.29, 0.717) is 0 Å². The fraction of sp³-hybridized carbons (Fsp3) is 0.176. The fourth-order valence-corrected chi connectivity index (χ4v) is 2.19. The number of anilines is 1. The smallest absolute Gasteiger partial charge is 0.161 e. The van der Waals surface area contributed by atoms with Crippen LogP contribution in [0.5, 0.6) is 0 Å². The summed E-state index contributed by atoms with van der Waals surface area (Å²) in [6, 6.07) is 11.9. The minimum Gasteiger partial charge on any atom is -0.385 e. The quantitative estimate of drug-likeness (QED) is 0.904. The molecule has 4 heteroatoms. The Morgan fingerprint density at radius 2 is 1.90 bits per heavy atom. The molecule has 21 heavy (non-hydrogen) atoms. The molecule has 106 valence electrons. The maximum Gasteiger partial charge on any atom is 0.161 e. The lowest BCUT2D eigenvalue weighted by Crippen LogP contribution is -2.21. The lowest BCUT2D eigenvalue weighted by molar-refractivity contribution is 0.840. The molecule has 1 aromatic carbocycles. The molecular formula is C17H18N4. The first-order chi connectivity index (χ1) is 10.2. The Bertz CT molecular complexity index is 702. The van der Waals surface area contributed by atoms with E-state index in [0.717, 1.165) is 35.1 Å². The summed E-state index contributed by atoms with van der Waals surface area (Å²) in [4.78, 5) is 8.93. The molecule has 1 aliphatic rings. The average molecular weight is 278 g/mol. The largest absolute Gasteiger partial charge is 0.385 e. The minimum absolute atomic E-state index is 0.730. The zero-order chi connectivity index (χ0) is 14.7. The highest BCUT2D eigenvalue weighted by Crippen LogP contribution is 2.19. The van der Waals surface area contributed by atoms with Crippen molar-refractivity contribution in [2.45, 2.75) is 13.8 Å². The van der Waals surface area contributed by atoms with Crippen LogP contribution in [0.25, 0.3) is 11.4 Å². The van der Waals surface area contributed by atoms with E-state index in [1.165, 1.54) is 5.57 Å². The summed E-state index contributed by atoms with van der Waals surface area (Å²) < 4.78 is 0. The lowest BCUT2D eigenvalue weighted by Gasteiger charge is -2.19. The molecule has 1 aromatic heterocycles. The molecule has 0 bridgehead atoms. The Morgan fingerprint density at radius 1 is 1.10 bits per heavy atom. The van der Waals surface area contributed by atoms with Gasteiger partial charge in [-0.05, 0) is 31.6 Å². The first-order valence-corrected chi connectivity index (χ1v) is 7.00. The summed E-state index contributed by atoms with van der Waals surface area (Å²) in [6.45, 7) is 5.03. The highest BCUT2D eigenvalue weighted by Gasteiger charge is 2.08. The molecule has 2 heterocycles. The first kappa shape index (κ1) is 13.4. The monoisotopic (exact) mass is 278 g/mol. The Balaban J connectivity index is 1.88. The van der Waals surface area contributed by atoms with Gasteiger partial charge in [0, 0.05) is 29.7 Å². The third kappa shape index (κ3) is 3.11. The molecule has 0 atom stereocenters. The number of hydrogen-bond donors (Lipinski definition) is 2. The van der Waals surface area contributed by atoms with Crippen molar-refractivity contribution in [3.63, 3.8) is 0 Å². The van der Waals surface area contributed by atoms with E-state index in [2.05, 4.69) is 40.5 Å². The van der Waals surface area contributed by atoms with Crippen LogP contribution in [0.2, 0.25) is 0 Å². The second kappa shape index (κ2) is 5.79. The summed E-state index contributed by atoms with van der Waals surface area (Å²) in [5, 5.41) is 6.70. The Labute approximate surface area is 124 Å². The molecular weight excluding hydrogens is 260 g/mol. The molecule has 0 saturated heterocycles. The molecule has 4 nitrogen and oxygen atoms in total. The van der Waals surface area contributed by atoms with Crippen LogP contribution in [0.3, 0.4) is 0 Å². The molecule has 0 fully saturated rings. The van der Waals surface area contributed by atoms with Gasteiger partial charge in [0.25, 0.3) is 0 Å². The Hall–Kier alpha value is -2.62. The van der Waals surface area contributed by atoms with Gasteiger partial charge in [-0.3, -0.25) is 0 Å². The normalized spacial score (nSPS) is 14.5. The number of nitrogens with one attached hydrogen (secondary N) is 2. The third-order valence-electron chi connectivity index (χ3n) is 3.40. The van der Waals surface area contributed by atoms with Gasteiger partial charge < -0.3 is 10.6 Å². The molecule has 0 spiro atoms. The number of allylic oxidation sites excluding steroid dienone is 2. The van der Waals surface area contributed by atoms with E-state index >= 15 is 0 Å². The number of nitrogens with zero attached hydrogens (tertiary/aromatic N) is 2. The van der Waals surface area contributed by atoms with Gasteiger partial charge in [-0.2, -0.15) is 0 Å². The van der Waals surface area contributed by atoms with Crippen LogP contribution in [0, 0.1) is 0 Å². The average Bonchev–Trinajstić information content (AvgIpc) is 2.52. The van der Waals surface area contributed by atoms with E-state index in [1.54, 1.807) is 6.20 Å². The van der Waals surface area contributed by atoms with Crippen molar-refractivity contribution in [1.82, 2.24) is 15.3 Å². The van der Waals surface area contributed by atoms with Gasteiger partial charge in [0.05, 0.1) is 0 Å². The van der Waals surface area contributed by atoms with Crippen LogP contribution in [-0.4, -0.2) is 16.5 Å². The van der Waals surface area contributed by atoms with Crippen LogP contribution in [0.4, 0.5) is 5.82 Å². The van der Waals surface area contributed by atoms with Gasteiger partial charge in [0.15, 0.2) is 5.82 Å². The number of dihydropyridines is 1. The first-order valence-electron chi connectivity index (χ1n) is 7.00. The molecule has 0 unspecified atom stereocenters. The number of rotatable bonds is 3. The maximum absolute atomic E-state index is 4.59. The van der Waals surface area contributed by atoms with Crippen LogP contribution < -0.4 is 10.6 Å². The minimum atomic E-state index is 0.730. The summed E-state index contributed by atoms with van der Waals surface area (Å²) in [7, 11) is 0. The number of hydrogen-bond acceptors (Lipinski definition) is 4. The summed E-state index contributed by atoms with van der Waals surface area (Å²) in [5.74, 6) is 1.54. The zero-order valence-electron chi connectivity index (χ0n) is 12.2. The van der Waals surface area contributed by atoms with E-state index in [1.807, 2.05) is 36.4 Å². The number of benzene rings is 1. The second-order valence-corrected chi connectivity index (χ2v) is 5.13. The van der Waals surface area contributed by atoms with Gasteiger partial charge in [-0.15, -0.1) is 0 Å². The molecule has 3 rings (SSSR count). The molecule has 0 amide bonds. The van der Waals surface area contributed by atoms with Crippen molar-refractivity contribution in [2.24, 2.45) is 0 Å². The van der Waals surface area contributed by atoms with Crippen molar-refractivity contribution >= 4 is 5.82 Å². The predicted octanol–water partition coefficient (Wildman–Crippen LogP) is 3.34. The van der Waals surface area contributed by atoms with Crippen molar-refractivity contribution < 1.29 is 0 Å². The van der Waals surface area contributed by atoms with E-state index in [4.69, 9.17) is 0 Å². The van der Waals surface area contributed by atoms with Gasteiger partial charge >= 0.3 is 0 Å². The maximum atomic E-state index is 4.59. The summed E-state index contributed by atoms with van der Waals surface area (Å²) >= 11 is 0. The SMILES string of the molecule is CC1=CC(Nc2ccnc(-c3ccccc3)n2)=C(C)CN1. The lowest BCUT2D eigenvalue weighted by atomic mass is 10.1. The van der Waals surface area contributed by atoms with Gasteiger partial charge in [0.2, 0.25) is 0 Å². The molecule has 2 aromatic rings. The standard InChI is InChI=1S/C17H18N4/c1-12-11-19-13(2)10-15(12)20-16-8-9-18-17(21-16)14-6-4-3-5-7-14/h3-10,19H,11H2,1-2H3,(H,18,20,21). The Morgan fingerprint density at radius 3 is 2.71 bits per heavy atom. The van der Waals surface area contributed by atoms with E-state index < -0.39 is 0 Å². The van der Waals surface area contributed by atoms with Crippen molar-refractivity contribution in [3.05, 3.63) is 65.6 Å². The van der Waals surface area contributed by atoms with Crippen LogP contribution in [-0.2, 0) is 0 Å². The molecule has 2 N–H and O–H groups in total. The number of aromatic nitrogens is 2. The summed E-state index contributed by atoms with van der Waals surface area (Å²) in [6.07, 6.45) is 3.88. The highest BCUT2D eigenvalue weighted by atomic mass is 15.0.